The Morgan fingerprint density at radius 3 is 1.46 bits per heavy atom. The molecule has 2 aromatic rings. The first kappa shape index (κ1) is 17.2. The number of likely N-dealkylation sites (tertiary alicyclic amines) is 1. The Morgan fingerprint density at radius 2 is 1.12 bits per heavy atom. The molecule has 3 rings (SSSR count). The molecule has 1 heterocycles. The second-order valence-corrected chi connectivity index (χ2v) is 7.05. The van der Waals surface area contributed by atoms with E-state index in [1.807, 2.05) is 11.9 Å². The van der Waals surface area contributed by atoms with Crippen LogP contribution in [0.4, 0.5) is 0 Å². The van der Waals surface area contributed by atoms with Gasteiger partial charge in [0.1, 0.15) is 0 Å². The second kappa shape index (κ2) is 7.06. The molecular weight excluding hydrogens is 345 g/mol. The van der Waals surface area contributed by atoms with E-state index in [-0.39, 0.29) is 23.4 Å². The molecule has 0 amide bonds. The zero-order chi connectivity index (χ0) is 17.3. The summed E-state index contributed by atoms with van der Waals surface area (Å²) >= 11 is 11.8. The number of carbonyl (C=O) groups excluding carboxylic acids is 2. The third kappa shape index (κ3) is 3.54. The predicted octanol–water partition coefficient (Wildman–Crippen LogP) is 4.24. The minimum absolute atomic E-state index is 0.0108. The van der Waals surface area contributed by atoms with Crippen LogP contribution in [-0.4, -0.2) is 36.6 Å². The highest BCUT2D eigenvalue weighted by atomic mass is 35.5. The molecule has 1 aliphatic heterocycles. The topological polar surface area (TPSA) is 37.4 Å². The molecule has 1 aliphatic rings. The van der Waals surface area contributed by atoms with Crippen LogP contribution < -0.4 is 0 Å². The number of nitrogens with zero attached hydrogens (tertiary/aromatic N) is 1. The van der Waals surface area contributed by atoms with Gasteiger partial charge in [0.2, 0.25) is 0 Å². The summed E-state index contributed by atoms with van der Waals surface area (Å²) < 4.78 is 0. The van der Waals surface area contributed by atoms with Gasteiger partial charge in [-0.2, -0.15) is 0 Å². The third-order valence-electron chi connectivity index (χ3n) is 4.43. The van der Waals surface area contributed by atoms with Crippen LogP contribution in [-0.2, 0) is 0 Å². The molecule has 0 spiro atoms. The summed E-state index contributed by atoms with van der Waals surface area (Å²) in [5.74, 6) is -0.717. The monoisotopic (exact) mass is 361 g/mol. The maximum Gasteiger partial charge on any atom is 0.168 e. The summed E-state index contributed by atoms with van der Waals surface area (Å²) in [5.41, 5.74) is 1.18. The van der Waals surface area contributed by atoms with E-state index in [0.29, 0.717) is 34.3 Å². The van der Waals surface area contributed by atoms with E-state index < -0.39 is 0 Å². The van der Waals surface area contributed by atoms with Gasteiger partial charge in [-0.3, -0.25) is 9.59 Å². The Hall–Kier alpha value is -1.68. The number of hydrogen-bond acceptors (Lipinski definition) is 3. The summed E-state index contributed by atoms with van der Waals surface area (Å²) in [5, 5.41) is 1.17. The van der Waals surface area contributed by atoms with Gasteiger partial charge in [0, 0.05) is 46.1 Å². The SMILES string of the molecule is CN1CC(C(=O)c2ccc(Cl)cc2)C(C(=O)c2ccc(Cl)cc2)C1. The molecule has 0 N–H and O–H groups in total. The molecule has 24 heavy (non-hydrogen) atoms. The molecule has 5 heteroatoms. The predicted molar refractivity (Wildman–Crippen MR) is 96.0 cm³/mol. The van der Waals surface area contributed by atoms with Gasteiger partial charge in [-0.1, -0.05) is 23.2 Å². The Kier molecular flexibility index (Phi) is 5.04. The van der Waals surface area contributed by atoms with Crippen LogP contribution in [0.1, 0.15) is 20.7 Å². The lowest BCUT2D eigenvalue weighted by Gasteiger charge is -2.16. The zero-order valence-corrected chi connectivity index (χ0v) is 14.7. The van der Waals surface area contributed by atoms with Gasteiger partial charge < -0.3 is 4.90 Å². The average Bonchev–Trinajstić information content (AvgIpc) is 2.97. The third-order valence-corrected chi connectivity index (χ3v) is 4.94. The molecule has 1 saturated heterocycles. The molecule has 0 aliphatic carbocycles. The first-order valence-corrected chi connectivity index (χ1v) is 8.49. The highest BCUT2D eigenvalue weighted by Crippen LogP contribution is 2.29. The number of Topliss-reactive ketones (excluding diaryl/α,β-unsaturated/α-hetero) is 2. The van der Waals surface area contributed by atoms with Crippen molar-refractivity contribution in [3.8, 4) is 0 Å². The average molecular weight is 362 g/mol. The molecule has 2 unspecified atom stereocenters. The summed E-state index contributed by atoms with van der Waals surface area (Å²) in [6.07, 6.45) is 0. The van der Waals surface area contributed by atoms with Gasteiger partial charge >= 0.3 is 0 Å². The number of halogens is 2. The van der Waals surface area contributed by atoms with E-state index >= 15 is 0 Å². The van der Waals surface area contributed by atoms with Crippen LogP contribution in [0.2, 0.25) is 10.0 Å². The standard InChI is InChI=1S/C19H17Cl2NO2/c1-22-10-16(18(23)12-2-6-14(20)7-3-12)17(11-22)19(24)13-4-8-15(21)9-5-13/h2-9,16-17H,10-11H2,1H3. The normalized spacial score (nSPS) is 21.0. The van der Waals surface area contributed by atoms with E-state index in [4.69, 9.17) is 23.2 Å². The number of rotatable bonds is 4. The second-order valence-electron chi connectivity index (χ2n) is 6.18. The highest BCUT2D eigenvalue weighted by Gasteiger charge is 2.40. The molecule has 0 radical (unpaired) electrons. The van der Waals surface area contributed by atoms with E-state index in [9.17, 15) is 9.59 Å². The van der Waals surface area contributed by atoms with Crippen molar-refractivity contribution in [3.63, 3.8) is 0 Å². The van der Waals surface area contributed by atoms with Crippen LogP contribution in [0.25, 0.3) is 0 Å². The fourth-order valence-electron chi connectivity index (χ4n) is 3.19. The number of benzene rings is 2. The number of ketones is 2. The van der Waals surface area contributed by atoms with Gasteiger partial charge in [0.25, 0.3) is 0 Å². The molecule has 2 aromatic carbocycles. The van der Waals surface area contributed by atoms with Crippen molar-refractivity contribution in [2.24, 2.45) is 11.8 Å². The van der Waals surface area contributed by atoms with Crippen LogP contribution in [0, 0.1) is 11.8 Å². The van der Waals surface area contributed by atoms with Crippen LogP contribution in [0.5, 0.6) is 0 Å². The lowest BCUT2D eigenvalue weighted by atomic mass is 9.83. The minimum Gasteiger partial charge on any atom is -0.305 e. The molecule has 0 saturated carbocycles. The van der Waals surface area contributed by atoms with Gasteiger partial charge in [-0.05, 0) is 55.6 Å². The van der Waals surface area contributed by atoms with Gasteiger partial charge in [-0.25, -0.2) is 0 Å². The van der Waals surface area contributed by atoms with Crippen molar-refractivity contribution in [1.82, 2.24) is 4.90 Å². The quantitative estimate of drug-likeness (QED) is 0.764. The first-order valence-electron chi connectivity index (χ1n) is 7.74. The van der Waals surface area contributed by atoms with Crippen molar-refractivity contribution >= 4 is 34.8 Å². The van der Waals surface area contributed by atoms with Crippen LogP contribution >= 0.6 is 23.2 Å². The molecule has 0 bridgehead atoms. The Bertz CT molecular complexity index is 690. The molecule has 3 nitrogen and oxygen atoms in total. The summed E-state index contributed by atoms with van der Waals surface area (Å²) in [7, 11) is 1.93. The number of hydrogen-bond donors (Lipinski definition) is 0. The Labute approximate surface area is 151 Å². The van der Waals surface area contributed by atoms with E-state index in [1.165, 1.54) is 0 Å². The van der Waals surface area contributed by atoms with Gasteiger partial charge in [-0.15, -0.1) is 0 Å². The molecule has 2 atom stereocenters. The molecular formula is C19H17Cl2NO2. The number of carbonyl (C=O) groups is 2. The molecule has 124 valence electrons. The fourth-order valence-corrected chi connectivity index (χ4v) is 3.44. The van der Waals surface area contributed by atoms with Crippen molar-refractivity contribution in [1.29, 1.82) is 0 Å². The fraction of sp³-hybridized carbons (Fsp3) is 0.263. The summed E-state index contributed by atoms with van der Waals surface area (Å²) in [4.78, 5) is 27.7. The lowest BCUT2D eigenvalue weighted by Crippen LogP contribution is -2.29. The van der Waals surface area contributed by atoms with E-state index in [2.05, 4.69) is 0 Å². The summed E-state index contributed by atoms with van der Waals surface area (Å²) in [6, 6.07) is 13.7. The van der Waals surface area contributed by atoms with Crippen LogP contribution in [0.15, 0.2) is 48.5 Å². The highest BCUT2D eigenvalue weighted by molar-refractivity contribution is 6.31. The summed E-state index contributed by atoms with van der Waals surface area (Å²) in [6.45, 7) is 1.15. The lowest BCUT2D eigenvalue weighted by molar-refractivity contribution is 0.0809. The van der Waals surface area contributed by atoms with Gasteiger partial charge in [0.15, 0.2) is 11.6 Å². The van der Waals surface area contributed by atoms with Crippen molar-refractivity contribution in [2.75, 3.05) is 20.1 Å². The minimum atomic E-state index is -0.348. The largest absolute Gasteiger partial charge is 0.305 e. The first-order chi connectivity index (χ1) is 11.5. The maximum absolute atomic E-state index is 12.9. The van der Waals surface area contributed by atoms with Crippen LogP contribution in [0.3, 0.4) is 0 Å². The molecule has 0 aromatic heterocycles. The maximum atomic E-state index is 12.9. The zero-order valence-electron chi connectivity index (χ0n) is 13.2. The van der Waals surface area contributed by atoms with Crippen molar-refractivity contribution in [3.05, 3.63) is 69.7 Å². The van der Waals surface area contributed by atoms with Gasteiger partial charge in [0.05, 0.1) is 0 Å². The Morgan fingerprint density at radius 1 is 0.792 bits per heavy atom. The van der Waals surface area contributed by atoms with E-state index in [1.54, 1.807) is 48.5 Å². The van der Waals surface area contributed by atoms with E-state index in [0.717, 1.165) is 0 Å². The molecule has 1 fully saturated rings. The smallest absolute Gasteiger partial charge is 0.168 e. The van der Waals surface area contributed by atoms with Crippen molar-refractivity contribution in [2.45, 2.75) is 0 Å². The van der Waals surface area contributed by atoms with Crippen molar-refractivity contribution < 1.29 is 9.59 Å². The Balaban J connectivity index is 1.86.